The first-order valence-corrected chi connectivity index (χ1v) is 5.14. The number of nitrogens with zero attached hydrogens (tertiary/aromatic N) is 1. The van der Waals surface area contributed by atoms with Crippen LogP contribution in [0.5, 0.6) is 0 Å². The molecule has 0 unspecified atom stereocenters. The topological polar surface area (TPSA) is 24.9 Å². The van der Waals surface area contributed by atoms with Crippen LogP contribution in [0.25, 0.3) is 0 Å². The van der Waals surface area contributed by atoms with Crippen molar-refractivity contribution in [2.45, 2.75) is 38.1 Å². The van der Waals surface area contributed by atoms with E-state index >= 15 is 0 Å². The van der Waals surface area contributed by atoms with E-state index in [1.165, 1.54) is 31.5 Å². The minimum absolute atomic E-state index is 0.253. The van der Waals surface area contributed by atoms with Crippen molar-refractivity contribution in [3.63, 3.8) is 0 Å². The van der Waals surface area contributed by atoms with Crippen molar-refractivity contribution in [1.82, 2.24) is 4.98 Å². The molecule has 2 nitrogen and oxygen atoms in total. The summed E-state index contributed by atoms with van der Waals surface area (Å²) in [5.74, 6) is -0.415. The highest BCUT2D eigenvalue weighted by Gasteiger charge is 2.41. The zero-order valence-electron chi connectivity index (χ0n) is 8.39. The van der Waals surface area contributed by atoms with Gasteiger partial charge < -0.3 is 5.32 Å². The number of halogens is 1. The second kappa shape index (κ2) is 3.56. The summed E-state index contributed by atoms with van der Waals surface area (Å²) in [6.07, 6.45) is 6.23. The molecule has 1 saturated carbocycles. The largest absolute Gasteiger partial charge is 0.379 e. The minimum atomic E-state index is -0.415. The summed E-state index contributed by atoms with van der Waals surface area (Å²) in [6, 6.07) is 3.27. The van der Waals surface area contributed by atoms with Gasteiger partial charge in [0.15, 0.2) is 0 Å². The number of hydrogen-bond acceptors (Lipinski definition) is 2. The van der Waals surface area contributed by atoms with Gasteiger partial charge in [-0.1, -0.05) is 13.3 Å². The van der Waals surface area contributed by atoms with Crippen LogP contribution in [0.15, 0.2) is 18.3 Å². The van der Waals surface area contributed by atoms with Crippen LogP contribution < -0.4 is 5.32 Å². The SMILES string of the molecule is CCCC1(Nc2ccnc(F)c2)CC1. The van der Waals surface area contributed by atoms with Crippen LogP contribution in [-0.4, -0.2) is 10.5 Å². The Balaban J connectivity index is 2.03. The maximum absolute atomic E-state index is 12.8. The van der Waals surface area contributed by atoms with Crippen molar-refractivity contribution in [3.05, 3.63) is 24.3 Å². The number of nitrogens with one attached hydrogen (secondary N) is 1. The van der Waals surface area contributed by atoms with Gasteiger partial charge in [0, 0.05) is 23.5 Å². The molecule has 0 radical (unpaired) electrons. The van der Waals surface area contributed by atoms with Gasteiger partial charge in [0.25, 0.3) is 0 Å². The Kier molecular flexibility index (Phi) is 2.40. The molecule has 0 spiro atoms. The van der Waals surface area contributed by atoms with E-state index in [0.29, 0.717) is 0 Å². The van der Waals surface area contributed by atoms with Gasteiger partial charge in [-0.15, -0.1) is 0 Å². The summed E-state index contributed by atoms with van der Waals surface area (Å²) >= 11 is 0. The summed E-state index contributed by atoms with van der Waals surface area (Å²) in [7, 11) is 0. The average Bonchev–Trinajstić information content (AvgIpc) is 2.85. The van der Waals surface area contributed by atoms with E-state index in [0.717, 1.165) is 12.1 Å². The van der Waals surface area contributed by atoms with E-state index in [4.69, 9.17) is 0 Å². The monoisotopic (exact) mass is 194 g/mol. The van der Waals surface area contributed by atoms with E-state index in [2.05, 4.69) is 17.2 Å². The molecular weight excluding hydrogens is 179 g/mol. The standard InChI is InChI=1S/C11H15FN2/c1-2-4-11(5-6-11)14-9-3-7-13-10(12)8-9/h3,7-8H,2,4-6H2,1H3,(H,13,14). The normalized spacial score (nSPS) is 17.9. The molecule has 1 fully saturated rings. The Labute approximate surface area is 83.6 Å². The number of aromatic nitrogens is 1. The Hall–Kier alpha value is -1.12. The quantitative estimate of drug-likeness (QED) is 0.745. The van der Waals surface area contributed by atoms with E-state index in [-0.39, 0.29) is 5.54 Å². The van der Waals surface area contributed by atoms with Gasteiger partial charge in [0.2, 0.25) is 5.95 Å². The molecular formula is C11H15FN2. The van der Waals surface area contributed by atoms with Crippen LogP contribution in [0.3, 0.4) is 0 Å². The summed E-state index contributed by atoms with van der Waals surface area (Å²) in [5.41, 5.74) is 1.10. The molecule has 2 rings (SSSR count). The highest BCUT2D eigenvalue weighted by Crippen LogP contribution is 2.42. The predicted molar refractivity (Wildman–Crippen MR) is 54.7 cm³/mol. The first-order valence-electron chi connectivity index (χ1n) is 5.14. The van der Waals surface area contributed by atoms with Crippen LogP contribution in [0.2, 0.25) is 0 Å². The molecule has 1 aliphatic carbocycles. The predicted octanol–water partition coefficient (Wildman–Crippen LogP) is 2.97. The molecule has 14 heavy (non-hydrogen) atoms. The fourth-order valence-electron chi connectivity index (χ4n) is 1.85. The molecule has 1 heterocycles. The zero-order chi connectivity index (χ0) is 10.0. The Morgan fingerprint density at radius 1 is 1.57 bits per heavy atom. The van der Waals surface area contributed by atoms with Gasteiger partial charge >= 0.3 is 0 Å². The molecule has 3 heteroatoms. The molecule has 1 N–H and O–H groups in total. The van der Waals surface area contributed by atoms with E-state index in [1.54, 1.807) is 0 Å². The van der Waals surface area contributed by atoms with Crippen LogP contribution in [0.4, 0.5) is 10.1 Å². The maximum atomic E-state index is 12.8. The first-order chi connectivity index (χ1) is 6.74. The lowest BCUT2D eigenvalue weighted by Crippen LogP contribution is -2.20. The van der Waals surface area contributed by atoms with Crippen LogP contribution in [-0.2, 0) is 0 Å². The van der Waals surface area contributed by atoms with Gasteiger partial charge in [-0.25, -0.2) is 4.98 Å². The summed E-state index contributed by atoms with van der Waals surface area (Å²) < 4.78 is 12.8. The molecule has 0 atom stereocenters. The second-order valence-corrected chi connectivity index (χ2v) is 4.02. The van der Waals surface area contributed by atoms with Crippen molar-refractivity contribution in [3.8, 4) is 0 Å². The van der Waals surface area contributed by atoms with Crippen molar-refractivity contribution in [2.75, 3.05) is 5.32 Å². The number of pyridine rings is 1. The lowest BCUT2D eigenvalue weighted by molar-refractivity contribution is 0.582. The van der Waals surface area contributed by atoms with Crippen LogP contribution in [0.1, 0.15) is 32.6 Å². The minimum Gasteiger partial charge on any atom is -0.379 e. The molecule has 1 aliphatic rings. The second-order valence-electron chi connectivity index (χ2n) is 4.02. The van der Waals surface area contributed by atoms with Gasteiger partial charge in [0.1, 0.15) is 0 Å². The molecule has 0 aliphatic heterocycles. The van der Waals surface area contributed by atoms with E-state index in [9.17, 15) is 4.39 Å². The van der Waals surface area contributed by atoms with Gasteiger partial charge in [0.05, 0.1) is 0 Å². The van der Waals surface area contributed by atoms with Crippen molar-refractivity contribution in [1.29, 1.82) is 0 Å². The van der Waals surface area contributed by atoms with Gasteiger partial charge in [-0.3, -0.25) is 0 Å². The third-order valence-corrected chi connectivity index (χ3v) is 2.72. The Morgan fingerprint density at radius 3 is 2.93 bits per heavy atom. The highest BCUT2D eigenvalue weighted by molar-refractivity contribution is 5.46. The van der Waals surface area contributed by atoms with Crippen molar-refractivity contribution >= 4 is 5.69 Å². The molecule has 0 aromatic carbocycles. The van der Waals surface area contributed by atoms with Gasteiger partial charge in [-0.2, -0.15) is 4.39 Å². The molecule has 1 aromatic heterocycles. The molecule has 76 valence electrons. The van der Waals surface area contributed by atoms with Crippen molar-refractivity contribution in [2.24, 2.45) is 0 Å². The molecule has 0 saturated heterocycles. The fraction of sp³-hybridized carbons (Fsp3) is 0.545. The van der Waals surface area contributed by atoms with E-state index < -0.39 is 5.95 Å². The summed E-state index contributed by atoms with van der Waals surface area (Å²) in [5, 5.41) is 3.39. The Bertz CT molecular complexity index is 321. The maximum Gasteiger partial charge on any atom is 0.214 e. The van der Waals surface area contributed by atoms with Crippen LogP contribution >= 0.6 is 0 Å². The third kappa shape index (κ3) is 2.03. The number of hydrogen-bond donors (Lipinski definition) is 1. The molecule has 0 amide bonds. The fourth-order valence-corrected chi connectivity index (χ4v) is 1.85. The zero-order valence-corrected chi connectivity index (χ0v) is 8.39. The average molecular weight is 194 g/mol. The van der Waals surface area contributed by atoms with E-state index in [1.807, 2.05) is 6.07 Å². The highest BCUT2D eigenvalue weighted by atomic mass is 19.1. The third-order valence-electron chi connectivity index (χ3n) is 2.72. The first kappa shape index (κ1) is 9.44. The molecule has 0 bridgehead atoms. The Morgan fingerprint density at radius 2 is 2.36 bits per heavy atom. The van der Waals surface area contributed by atoms with Crippen LogP contribution in [0, 0.1) is 5.95 Å². The lowest BCUT2D eigenvalue weighted by Gasteiger charge is -2.17. The smallest absolute Gasteiger partial charge is 0.214 e. The van der Waals surface area contributed by atoms with Crippen molar-refractivity contribution < 1.29 is 4.39 Å². The summed E-state index contributed by atoms with van der Waals surface area (Å²) in [4.78, 5) is 3.53. The summed E-state index contributed by atoms with van der Waals surface area (Å²) in [6.45, 7) is 2.18. The van der Waals surface area contributed by atoms with Gasteiger partial charge in [-0.05, 0) is 25.3 Å². The lowest BCUT2D eigenvalue weighted by atomic mass is 10.1. The number of rotatable bonds is 4. The molecule has 1 aromatic rings. The number of anilines is 1.